The molecule has 1 aromatic rings. The lowest BCUT2D eigenvalue weighted by molar-refractivity contribution is 0.173. The van der Waals surface area contributed by atoms with Crippen molar-refractivity contribution in [1.82, 2.24) is 9.88 Å². The second kappa shape index (κ2) is 8.13. The first-order valence-electron chi connectivity index (χ1n) is 6.90. The lowest BCUT2D eigenvalue weighted by atomic mass is 10.1. The van der Waals surface area contributed by atoms with Crippen molar-refractivity contribution in [1.29, 1.82) is 0 Å². The normalized spacial score (nSPS) is 15.0. The van der Waals surface area contributed by atoms with Crippen LogP contribution in [0.5, 0.6) is 0 Å². The van der Waals surface area contributed by atoms with Crippen LogP contribution in [0.3, 0.4) is 0 Å². The van der Waals surface area contributed by atoms with Gasteiger partial charge in [0.1, 0.15) is 5.01 Å². The summed E-state index contributed by atoms with van der Waals surface area (Å²) in [5.41, 5.74) is 1.01. The van der Waals surface area contributed by atoms with E-state index >= 15 is 0 Å². The molecule has 2 atom stereocenters. The van der Waals surface area contributed by atoms with Crippen LogP contribution in [0.25, 0.3) is 0 Å². The Balaban J connectivity index is 2.78. The van der Waals surface area contributed by atoms with Crippen molar-refractivity contribution in [2.45, 2.75) is 52.5 Å². The van der Waals surface area contributed by atoms with Crippen molar-refractivity contribution >= 4 is 22.9 Å². The fourth-order valence-electron chi connectivity index (χ4n) is 2.13. The Labute approximate surface area is 120 Å². The first-order valence-corrected chi connectivity index (χ1v) is 8.31. The van der Waals surface area contributed by atoms with E-state index in [0.717, 1.165) is 31.1 Å². The third kappa shape index (κ3) is 4.22. The molecule has 0 aromatic carbocycles. The highest BCUT2D eigenvalue weighted by atomic mass is 35.5. The number of rotatable bonds is 8. The van der Waals surface area contributed by atoms with Gasteiger partial charge in [-0.2, -0.15) is 0 Å². The second-order valence-corrected chi connectivity index (χ2v) is 5.99. The Bertz CT molecular complexity index is 340. The molecule has 0 aliphatic carbocycles. The number of alkyl halides is 1. The molecule has 0 aliphatic rings. The van der Waals surface area contributed by atoms with Gasteiger partial charge in [-0.15, -0.1) is 22.9 Å². The number of aromatic nitrogens is 1. The molecule has 2 nitrogen and oxygen atoms in total. The molecule has 0 fully saturated rings. The van der Waals surface area contributed by atoms with E-state index in [1.165, 1.54) is 11.4 Å². The smallest absolute Gasteiger partial charge is 0.110 e. The zero-order valence-electron chi connectivity index (χ0n) is 11.9. The number of hydrogen-bond donors (Lipinski definition) is 0. The number of nitrogens with zero attached hydrogens (tertiary/aromatic N) is 2. The molecule has 0 saturated carbocycles. The highest BCUT2D eigenvalue weighted by Gasteiger charge is 2.21. The maximum atomic E-state index is 5.84. The van der Waals surface area contributed by atoms with Crippen molar-refractivity contribution in [3.8, 4) is 0 Å². The topological polar surface area (TPSA) is 16.1 Å². The van der Waals surface area contributed by atoms with Crippen molar-refractivity contribution < 1.29 is 0 Å². The van der Waals surface area contributed by atoms with Crippen molar-refractivity contribution in [2.24, 2.45) is 5.92 Å². The van der Waals surface area contributed by atoms with Crippen LogP contribution < -0.4 is 0 Å². The van der Waals surface area contributed by atoms with E-state index < -0.39 is 0 Å². The Morgan fingerprint density at radius 1 is 1.33 bits per heavy atom. The predicted octanol–water partition coefficient (Wildman–Crippen LogP) is 4.70. The fraction of sp³-hybridized carbons (Fsp3) is 0.786. The maximum absolute atomic E-state index is 5.84. The Hall–Kier alpha value is -0.120. The number of halogens is 1. The molecular weight excluding hydrogens is 264 g/mol. The molecule has 1 rings (SSSR count). The highest BCUT2D eigenvalue weighted by Crippen LogP contribution is 2.28. The van der Waals surface area contributed by atoms with Gasteiger partial charge in [0.2, 0.25) is 0 Å². The molecule has 0 amide bonds. The molecule has 0 radical (unpaired) electrons. The molecule has 0 saturated heterocycles. The van der Waals surface area contributed by atoms with Gasteiger partial charge in [-0.1, -0.05) is 34.1 Å². The summed E-state index contributed by atoms with van der Waals surface area (Å²) < 4.78 is 0. The lowest BCUT2D eigenvalue weighted by Gasteiger charge is -2.30. The van der Waals surface area contributed by atoms with Crippen molar-refractivity contribution in [3.63, 3.8) is 0 Å². The van der Waals surface area contributed by atoms with Crippen molar-refractivity contribution in [3.05, 3.63) is 16.1 Å². The number of thiazole rings is 1. The van der Waals surface area contributed by atoms with Crippen LogP contribution in [0, 0.1) is 5.92 Å². The first kappa shape index (κ1) is 15.9. The molecular formula is C14H25ClN2S. The van der Waals surface area contributed by atoms with E-state index in [-0.39, 0.29) is 0 Å². The summed E-state index contributed by atoms with van der Waals surface area (Å²) in [4.78, 5) is 7.19. The minimum absolute atomic E-state index is 0.450. The summed E-state index contributed by atoms with van der Waals surface area (Å²) in [7, 11) is 0. The molecule has 18 heavy (non-hydrogen) atoms. The molecule has 0 bridgehead atoms. The van der Waals surface area contributed by atoms with E-state index in [1.807, 2.05) is 0 Å². The van der Waals surface area contributed by atoms with E-state index in [9.17, 15) is 0 Å². The molecule has 2 unspecified atom stereocenters. The van der Waals surface area contributed by atoms with Gasteiger partial charge in [0.05, 0.1) is 17.6 Å². The van der Waals surface area contributed by atoms with Crippen LogP contribution in [-0.2, 0) is 5.88 Å². The first-order chi connectivity index (χ1) is 8.65. The minimum atomic E-state index is 0.450. The number of hydrogen-bond acceptors (Lipinski definition) is 3. The summed E-state index contributed by atoms with van der Waals surface area (Å²) >= 11 is 7.59. The summed E-state index contributed by atoms with van der Waals surface area (Å²) in [6.07, 6.45) is 2.34. The monoisotopic (exact) mass is 288 g/mol. The molecule has 4 heteroatoms. The summed E-state index contributed by atoms with van der Waals surface area (Å²) in [6.45, 7) is 11.3. The van der Waals surface area contributed by atoms with Gasteiger partial charge in [-0.3, -0.25) is 4.90 Å². The zero-order valence-corrected chi connectivity index (χ0v) is 13.5. The molecule has 1 aromatic heterocycles. The zero-order chi connectivity index (χ0) is 13.5. The third-order valence-corrected chi connectivity index (χ3v) is 4.74. The minimum Gasteiger partial charge on any atom is -0.294 e. The third-order valence-electron chi connectivity index (χ3n) is 3.47. The van der Waals surface area contributed by atoms with Gasteiger partial charge in [-0.05, 0) is 18.9 Å². The Morgan fingerprint density at radius 3 is 2.50 bits per heavy atom. The van der Waals surface area contributed by atoms with Gasteiger partial charge < -0.3 is 0 Å². The molecule has 104 valence electrons. The summed E-state index contributed by atoms with van der Waals surface area (Å²) in [5, 5.41) is 3.31. The van der Waals surface area contributed by atoms with Gasteiger partial charge in [0, 0.05) is 11.9 Å². The highest BCUT2D eigenvalue weighted by molar-refractivity contribution is 7.09. The van der Waals surface area contributed by atoms with Crippen LogP contribution in [0.15, 0.2) is 5.38 Å². The van der Waals surface area contributed by atoms with Gasteiger partial charge in [0.15, 0.2) is 0 Å². The van der Waals surface area contributed by atoms with Gasteiger partial charge >= 0.3 is 0 Å². The van der Waals surface area contributed by atoms with Crippen LogP contribution >= 0.6 is 22.9 Å². The van der Waals surface area contributed by atoms with E-state index in [0.29, 0.717) is 11.9 Å². The molecule has 1 heterocycles. The quantitative estimate of drug-likeness (QED) is 0.645. The predicted molar refractivity (Wildman–Crippen MR) is 81.4 cm³/mol. The Morgan fingerprint density at radius 2 is 2.06 bits per heavy atom. The average Bonchev–Trinajstić information content (AvgIpc) is 2.86. The van der Waals surface area contributed by atoms with E-state index in [1.54, 1.807) is 11.3 Å². The van der Waals surface area contributed by atoms with E-state index in [2.05, 4.69) is 43.0 Å². The van der Waals surface area contributed by atoms with Crippen LogP contribution in [0.2, 0.25) is 0 Å². The van der Waals surface area contributed by atoms with Gasteiger partial charge in [-0.25, -0.2) is 4.98 Å². The summed E-state index contributed by atoms with van der Waals surface area (Å²) in [5.74, 6) is 1.26. The molecule has 0 N–H and O–H groups in total. The van der Waals surface area contributed by atoms with Gasteiger partial charge in [0.25, 0.3) is 0 Å². The van der Waals surface area contributed by atoms with E-state index in [4.69, 9.17) is 11.6 Å². The summed E-state index contributed by atoms with van der Waals surface area (Å²) in [6, 6.07) is 0.450. The maximum Gasteiger partial charge on any atom is 0.110 e. The van der Waals surface area contributed by atoms with Crippen LogP contribution in [-0.4, -0.2) is 23.0 Å². The largest absolute Gasteiger partial charge is 0.294 e. The SMILES string of the molecule is CCC(C)CN(CC)C(CC)c1nc(CCl)cs1. The fourth-order valence-corrected chi connectivity index (χ4v) is 3.40. The lowest BCUT2D eigenvalue weighted by Crippen LogP contribution is -2.32. The Kier molecular flexibility index (Phi) is 7.20. The average molecular weight is 289 g/mol. The van der Waals surface area contributed by atoms with Crippen LogP contribution in [0.4, 0.5) is 0 Å². The second-order valence-electron chi connectivity index (χ2n) is 4.84. The molecule has 0 aliphatic heterocycles. The molecule has 0 spiro atoms. The van der Waals surface area contributed by atoms with Crippen LogP contribution in [0.1, 0.15) is 57.3 Å². The standard InChI is InChI=1S/C14H25ClN2S/c1-5-11(4)9-17(7-3)13(6-2)14-16-12(8-15)10-18-14/h10-11,13H,5-9H2,1-4H3. The van der Waals surface area contributed by atoms with Crippen molar-refractivity contribution in [2.75, 3.05) is 13.1 Å².